The van der Waals surface area contributed by atoms with Gasteiger partial charge in [0.1, 0.15) is 0 Å². The number of carbonyl (C=O) groups is 3. The minimum atomic E-state index is -4.58. The Kier molecular flexibility index (Phi) is 63.5. The number of benzene rings is 3. The zero-order valence-electron chi connectivity index (χ0n) is 72.6. The number of alkyl halides is 6. The molecule has 0 aromatic heterocycles. The normalized spacial score (nSPS) is 14.9. The van der Waals surface area contributed by atoms with E-state index in [4.69, 9.17) is 32.0 Å². The van der Waals surface area contributed by atoms with E-state index in [1.165, 1.54) is 57.7 Å². The Bertz CT molecular complexity index is 2900. The van der Waals surface area contributed by atoms with Gasteiger partial charge in [0.25, 0.3) is 0 Å². The first-order valence-corrected chi connectivity index (χ1v) is 105. The number of nitrogens with zero attached hydrogens (tertiary/aromatic N) is 2. The van der Waals surface area contributed by atoms with Crippen molar-refractivity contribution >= 4 is 172 Å². The summed E-state index contributed by atoms with van der Waals surface area (Å²) in [6.45, 7) is 30.1. The molecule has 1 aliphatic rings. The molecule has 0 saturated carbocycles. The van der Waals surface area contributed by atoms with E-state index >= 15 is 0 Å². The van der Waals surface area contributed by atoms with Gasteiger partial charge in [-0.15, -0.1) is 0 Å². The van der Waals surface area contributed by atoms with Crippen LogP contribution >= 0.6 is 0 Å². The zero-order valence-corrected chi connectivity index (χ0v) is 95.4. The second-order valence-corrected chi connectivity index (χ2v) is 127. The molecule has 1 heterocycles. The molecule has 1 aliphatic heterocycles. The third kappa shape index (κ3) is 56.4. The van der Waals surface area contributed by atoms with Crippen LogP contribution in [0.25, 0.3) is 0 Å². The second-order valence-electron chi connectivity index (χ2n) is 32.5. The monoisotopic (exact) mass is 2410 g/mol. The van der Waals surface area contributed by atoms with Gasteiger partial charge in [-0.1, -0.05) is 0 Å². The fraction of sp³-hybridized carbons (Fsp3) is 0.671. The molecular weight excluding hydrogens is 2250 g/mol. The van der Waals surface area contributed by atoms with Gasteiger partial charge in [-0.25, -0.2) is 0 Å². The van der Waals surface area contributed by atoms with Crippen LogP contribution < -0.4 is 3.58 Å². The molecular formula is C82H148F6N2O11Sn8. The maximum atomic E-state index is 12.1. The van der Waals surface area contributed by atoms with Crippen molar-refractivity contribution in [1.29, 1.82) is 10.5 Å². The van der Waals surface area contributed by atoms with Crippen molar-refractivity contribution in [2.75, 3.05) is 35.5 Å². The van der Waals surface area contributed by atoms with E-state index in [1.54, 1.807) is 24.5 Å². The number of nitriles is 2. The van der Waals surface area contributed by atoms with Crippen molar-refractivity contribution in [2.45, 2.75) is 266 Å². The molecule has 4 rings (SSSR count). The Morgan fingerprint density at radius 3 is 1.16 bits per heavy atom. The van der Waals surface area contributed by atoms with Crippen LogP contribution in [0.15, 0.2) is 110 Å². The van der Waals surface area contributed by atoms with Crippen molar-refractivity contribution in [3.63, 3.8) is 0 Å². The van der Waals surface area contributed by atoms with E-state index in [2.05, 4.69) is 199 Å². The Morgan fingerprint density at radius 1 is 0.541 bits per heavy atom. The summed E-state index contributed by atoms with van der Waals surface area (Å²) >= 11 is -21.5. The van der Waals surface area contributed by atoms with Gasteiger partial charge in [-0.2, -0.15) is 0 Å². The van der Waals surface area contributed by atoms with Gasteiger partial charge in [-0.3, -0.25) is 0 Å². The van der Waals surface area contributed by atoms with Crippen LogP contribution in [0.3, 0.4) is 0 Å². The van der Waals surface area contributed by atoms with Crippen molar-refractivity contribution in [1.82, 2.24) is 0 Å². The molecule has 3 aromatic rings. The number of rotatable bonds is 35. The van der Waals surface area contributed by atoms with Gasteiger partial charge in [0.15, 0.2) is 0 Å². The van der Waals surface area contributed by atoms with Gasteiger partial charge in [0.05, 0.1) is 0 Å². The molecule has 0 N–H and O–H groups in total. The number of halogens is 6. The zero-order chi connectivity index (χ0) is 85.2. The Hall–Kier alpha value is 0.300. The Morgan fingerprint density at radius 2 is 0.890 bits per heavy atom. The van der Waals surface area contributed by atoms with E-state index in [0.29, 0.717) is 14.8 Å². The Balaban J connectivity index is -0.000000584. The summed E-state index contributed by atoms with van der Waals surface area (Å²) in [6, 6.07) is 34.9. The van der Waals surface area contributed by atoms with Gasteiger partial charge in [0, 0.05) is 0 Å². The predicted molar refractivity (Wildman–Crippen MR) is 463 cm³/mol. The molecule has 1 fully saturated rings. The minimum absolute atomic E-state index is 0.0201. The molecule has 0 spiro atoms. The van der Waals surface area contributed by atoms with E-state index < -0.39 is 172 Å². The van der Waals surface area contributed by atoms with Gasteiger partial charge < -0.3 is 0 Å². The number of unbranched alkanes of at least 4 members (excludes halogenated alkanes) is 4. The molecule has 626 valence electrons. The first-order valence-electron chi connectivity index (χ1n) is 39.1. The van der Waals surface area contributed by atoms with Gasteiger partial charge in [0.2, 0.25) is 0 Å². The van der Waals surface area contributed by atoms with Gasteiger partial charge in [-0.05, 0) is 0 Å². The first-order chi connectivity index (χ1) is 50.3. The molecule has 1 saturated heterocycles. The quantitative estimate of drug-likeness (QED) is 0.0310. The summed E-state index contributed by atoms with van der Waals surface area (Å²) in [6.07, 6.45) is 6.26. The predicted octanol–water partition coefficient (Wildman–Crippen LogP) is 24.7. The summed E-state index contributed by atoms with van der Waals surface area (Å²) in [5.41, 5.74) is 4.01. The summed E-state index contributed by atoms with van der Waals surface area (Å²) in [4.78, 5) is 59.5. The standard InChI is InChI=1S/C10H13.2C7H7.C6H10O4.C6H12O2.4C4H9.2C3H5.2C2H2F3.2C2H2N.5CH3O.11CH3.8Sn/c1-3-9(2)10-7-5-4-6-8-10;2*1-7-5-3-2-4-6-7;1-3(5(7)8)4(2)6(9)10;1-4-6(2,3)5(7)8;4*1-3-4-2;2*1-3-2;2*1-2(3,4)5;2*1-2-3;5*1-2;;;;;;;;;;;;;;;;;;;/h5-9H,3H2,1-2H3;2*2-6H,1H2;3-4H,1-2H3,(H,7,8)(H,9,10);4H2,1-3H3,(H,7,8);4*1,3-4H2,2H3;2*3H,1-2H2;2*1H2;2*1H2;5*1H3;11*1H3;;;;;;;;/q;;;;;;;;;;;;;;;5*-1;;;;;;;;;;;;;6*+1;+2/p-3. The molecule has 0 radical (unpaired) electrons. The first kappa shape index (κ1) is 116. The van der Waals surface area contributed by atoms with E-state index in [-0.39, 0.29) is 35.2 Å². The molecule has 3 unspecified atom stereocenters. The van der Waals surface area contributed by atoms with Crippen molar-refractivity contribution in [3.8, 4) is 12.1 Å². The van der Waals surface area contributed by atoms with Crippen molar-refractivity contribution in [2.24, 2.45) is 17.3 Å². The van der Waals surface area contributed by atoms with Crippen LogP contribution in [0, 0.1) is 39.9 Å². The molecule has 0 bridgehead atoms. The topological polar surface area (TPSA) is 173 Å². The van der Waals surface area contributed by atoms with Crippen LogP contribution in [0.5, 0.6) is 0 Å². The number of allylic oxidation sites excluding steroid dienone is 2. The van der Waals surface area contributed by atoms with Gasteiger partial charge >= 0.3 is 706 Å². The summed E-state index contributed by atoms with van der Waals surface area (Å²) < 4.78 is 124. The fourth-order valence-electron chi connectivity index (χ4n) is 10.5. The summed E-state index contributed by atoms with van der Waals surface area (Å²) in [7, 11) is 8.16. The number of hydrogen-bond donors (Lipinski definition) is 0. The number of hydrogen-bond acceptors (Lipinski definition) is 13. The van der Waals surface area contributed by atoms with Crippen LogP contribution in [0.2, 0.25) is 98.7 Å². The average molecular weight is 2400 g/mol. The van der Waals surface area contributed by atoms with E-state index in [1.807, 2.05) is 59.2 Å². The molecule has 3 atom stereocenters. The van der Waals surface area contributed by atoms with Crippen LogP contribution in [-0.4, -0.2) is 216 Å². The van der Waals surface area contributed by atoms with Crippen LogP contribution in [-0.2, 0) is 47.8 Å². The maximum absolute atomic E-state index is 12.1. The molecule has 13 nitrogen and oxygen atoms in total. The number of carbonyl (C=O) groups excluding carboxylic acids is 3. The third-order valence-corrected chi connectivity index (χ3v) is 84.2. The summed E-state index contributed by atoms with van der Waals surface area (Å²) in [5, 5.41) is 16.7. The van der Waals surface area contributed by atoms with Crippen LogP contribution in [0.4, 0.5) is 26.3 Å². The summed E-state index contributed by atoms with van der Waals surface area (Å²) in [5.74, 6) is -0.515. The van der Waals surface area contributed by atoms with Crippen molar-refractivity contribution < 1.29 is 65.3 Å². The van der Waals surface area contributed by atoms with Crippen LogP contribution in [0.1, 0.15) is 163 Å². The third-order valence-electron chi connectivity index (χ3n) is 19.3. The molecule has 109 heavy (non-hydrogen) atoms. The van der Waals surface area contributed by atoms with E-state index in [9.17, 15) is 40.7 Å². The SMILES string of the molecule is C=C[CH2][Sn]([CH3])([CH2]C=C)[O]C.CCC(C)(C)C(=O)[O][Sn]([CH3])([CH3])[CH3].CCC(C)c1cc[c]([Sn]([CH3])([CH3])[CH3])cc1.CCC[CH2][Sn]([CH3])([CH2]CCC)[O]C.CCC[CH2][Sn]1([CH2]CCC)[O]C(=O)C(C)C(C)C(=O)[O]1.C[O][Sn]([CH3])([CH2]C#N)[CH2]C#N.C[O][Sn]([CH3])([CH2]C(F)(F)F)[CH2]C(F)(F)F.C[O][Sn]([CH3])([CH2]c1ccccc1)[CH2]c1ccccc1. The molecule has 0 amide bonds. The molecule has 0 aliphatic carbocycles. The molecule has 3 aromatic carbocycles. The molecule has 27 heteroatoms. The Labute approximate surface area is 696 Å². The van der Waals surface area contributed by atoms with E-state index in [0.717, 1.165) is 70.8 Å². The average Bonchev–Trinajstić information content (AvgIpc) is 1.68. The second kappa shape index (κ2) is 59.9. The fourth-order valence-corrected chi connectivity index (χ4v) is 56.1. The van der Waals surface area contributed by atoms with Crippen molar-refractivity contribution in [3.05, 3.63) is 127 Å².